The first-order valence-electron chi connectivity index (χ1n) is 5.47. The van der Waals surface area contributed by atoms with Crippen molar-refractivity contribution < 1.29 is 9.53 Å². The van der Waals surface area contributed by atoms with Gasteiger partial charge in [-0.25, -0.2) is 4.79 Å². The zero-order valence-corrected chi connectivity index (χ0v) is 10.7. The Kier molecular flexibility index (Phi) is 4.27. The summed E-state index contributed by atoms with van der Waals surface area (Å²) < 4.78 is 4.65. The molecule has 0 saturated carbocycles. The lowest BCUT2D eigenvalue weighted by Crippen LogP contribution is -2.07. The van der Waals surface area contributed by atoms with Crippen LogP contribution in [0, 0.1) is 6.92 Å². The Morgan fingerprint density at radius 1 is 1.35 bits per heavy atom. The lowest BCUT2D eigenvalue weighted by Gasteiger charge is -2.09. The molecule has 1 rings (SSSR count). The fraction of sp³-hybridized carbons (Fsp3) is 0.267. The number of methoxy groups -OCH3 is 1. The number of esters is 1. The lowest BCUT2D eigenvalue weighted by atomic mass is 9.97. The first-order valence-corrected chi connectivity index (χ1v) is 5.47. The Morgan fingerprint density at radius 3 is 2.53 bits per heavy atom. The predicted molar refractivity (Wildman–Crippen MR) is 70.7 cm³/mol. The molecular weight excluding hydrogens is 212 g/mol. The number of allylic oxidation sites excluding steroid dienone is 1. The number of ether oxygens (including phenoxy) is 1. The molecule has 0 aliphatic carbocycles. The molecule has 2 nitrogen and oxygen atoms in total. The van der Waals surface area contributed by atoms with Gasteiger partial charge in [0.25, 0.3) is 0 Å². The standard InChI is InChI=1S/C15H18O2/c1-10(2)13-7-6-11(3)14(9-13)8-12(4)15(16)17-5/h6-7,9H,1,4,8H2,2-3,5H3. The molecule has 0 aliphatic rings. The molecule has 0 aliphatic heterocycles. The van der Waals surface area contributed by atoms with E-state index in [2.05, 4.69) is 17.9 Å². The van der Waals surface area contributed by atoms with E-state index >= 15 is 0 Å². The highest BCUT2D eigenvalue weighted by molar-refractivity contribution is 5.88. The molecule has 0 unspecified atom stereocenters. The summed E-state index contributed by atoms with van der Waals surface area (Å²) in [5.41, 5.74) is 4.79. The second-order valence-corrected chi connectivity index (χ2v) is 4.19. The molecule has 0 spiro atoms. The average molecular weight is 230 g/mol. The van der Waals surface area contributed by atoms with Crippen LogP contribution in [0.3, 0.4) is 0 Å². The Hall–Kier alpha value is -1.83. The zero-order chi connectivity index (χ0) is 13.0. The van der Waals surface area contributed by atoms with Crippen molar-refractivity contribution in [1.29, 1.82) is 0 Å². The van der Waals surface area contributed by atoms with E-state index in [4.69, 9.17) is 0 Å². The van der Waals surface area contributed by atoms with Gasteiger partial charge in [0.15, 0.2) is 0 Å². The first-order chi connectivity index (χ1) is 7.95. The van der Waals surface area contributed by atoms with E-state index in [-0.39, 0.29) is 5.97 Å². The van der Waals surface area contributed by atoms with Gasteiger partial charge in [-0.2, -0.15) is 0 Å². The first kappa shape index (κ1) is 13.2. The van der Waals surface area contributed by atoms with Gasteiger partial charge in [0.2, 0.25) is 0 Å². The van der Waals surface area contributed by atoms with Gasteiger partial charge in [0, 0.05) is 12.0 Å². The number of hydrogen-bond acceptors (Lipinski definition) is 2. The third kappa shape index (κ3) is 3.31. The van der Waals surface area contributed by atoms with Gasteiger partial charge in [-0.3, -0.25) is 0 Å². The van der Waals surface area contributed by atoms with Crippen LogP contribution in [0.2, 0.25) is 0 Å². The summed E-state index contributed by atoms with van der Waals surface area (Å²) in [6.07, 6.45) is 0.514. The van der Waals surface area contributed by atoms with Crippen molar-refractivity contribution in [2.24, 2.45) is 0 Å². The number of aryl methyl sites for hydroxylation is 1. The monoisotopic (exact) mass is 230 g/mol. The fourth-order valence-corrected chi connectivity index (χ4v) is 1.57. The van der Waals surface area contributed by atoms with Crippen LogP contribution in [-0.4, -0.2) is 13.1 Å². The summed E-state index contributed by atoms with van der Waals surface area (Å²) in [6.45, 7) is 11.6. The molecule has 1 aromatic carbocycles. The maximum atomic E-state index is 11.3. The number of hydrogen-bond donors (Lipinski definition) is 0. The van der Waals surface area contributed by atoms with Crippen LogP contribution >= 0.6 is 0 Å². The number of rotatable bonds is 4. The Balaban J connectivity index is 2.98. The highest BCUT2D eigenvalue weighted by Gasteiger charge is 2.09. The van der Waals surface area contributed by atoms with Crippen LogP contribution < -0.4 is 0 Å². The van der Waals surface area contributed by atoms with Crippen molar-refractivity contribution >= 4 is 11.5 Å². The highest BCUT2D eigenvalue weighted by atomic mass is 16.5. The van der Waals surface area contributed by atoms with Crippen molar-refractivity contribution in [2.45, 2.75) is 20.3 Å². The van der Waals surface area contributed by atoms with Crippen molar-refractivity contribution in [3.05, 3.63) is 53.6 Å². The van der Waals surface area contributed by atoms with E-state index < -0.39 is 0 Å². The second-order valence-electron chi connectivity index (χ2n) is 4.19. The van der Waals surface area contributed by atoms with Crippen molar-refractivity contribution in [2.75, 3.05) is 7.11 Å². The molecular formula is C15H18O2. The van der Waals surface area contributed by atoms with Crippen LogP contribution in [-0.2, 0) is 16.0 Å². The van der Waals surface area contributed by atoms with Crippen LogP contribution in [0.1, 0.15) is 23.6 Å². The summed E-state index contributed by atoms with van der Waals surface area (Å²) >= 11 is 0. The van der Waals surface area contributed by atoms with Crippen LogP contribution in [0.15, 0.2) is 36.9 Å². The van der Waals surface area contributed by atoms with Gasteiger partial charge >= 0.3 is 5.97 Å². The third-order valence-electron chi connectivity index (χ3n) is 2.72. The van der Waals surface area contributed by atoms with E-state index in [1.807, 2.05) is 32.0 Å². The molecule has 0 heterocycles. The van der Waals surface area contributed by atoms with Gasteiger partial charge in [-0.1, -0.05) is 36.9 Å². The van der Waals surface area contributed by atoms with E-state index in [0.29, 0.717) is 12.0 Å². The van der Waals surface area contributed by atoms with Gasteiger partial charge < -0.3 is 4.74 Å². The average Bonchev–Trinajstić information content (AvgIpc) is 2.30. The van der Waals surface area contributed by atoms with E-state index in [9.17, 15) is 4.79 Å². The maximum Gasteiger partial charge on any atom is 0.333 e. The molecule has 90 valence electrons. The Labute approximate surface area is 103 Å². The Bertz CT molecular complexity index is 470. The molecule has 2 heteroatoms. The summed E-state index contributed by atoms with van der Waals surface area (Å²) in [6, 6.07) is 6.11. The van der Waals surface area contributed by atoms with Crippen LogP contribution in [0.25, 0.3) is 5.57 Å². The summed E-state index contributed by atoms with van der Waals surface area (Å²) in [5, 5.41) is 0. The quantitative estimate of drug-likeness (QED) is 0.586. The maximum absolute atomic E-state index is 11.3. The fourth-order valence-electron chi connectivity index (χ4n) is 1.57. The zero-order valence-electron chi connectivity index (χ0n) is 10.7. The normalized spacial score (nSPS) is 9.82. The van der Waals surface area contributed by atoms with Crippen molar-refractivity contribution in [3.8, 4) is 0 Å². The van der Waals surface area contributed by atoms with Gasteiger partial charge in [-0.15, -0.1) is 0 Å². The second kappa shape index (κ2) is 5.48. The molecule has 17 heavy (non-hydrogen) atoms. The van der Waals surface area contributed by atoms with Crippen LogP contribution in [0.4, 0.5) is 0 Å². The van der Waals surface area contributed by atoms with E-state index in [1.54, 1.807) is 0 Å². The lowest BCUT2D eigenvalue weighted by molar-refractivity contribution is -0.136. The number of carbonyl (C=O) groups is 1. The van der Waals surface area contributed by atoms with Crippen molar-refractivity contribution in [1.82, 2.24) is 0 Å². The van der Waals surface area contributed by atoms with Gasteiger partial charge in [0.1, 0.15) is 0 Å². The largest absolute Gasteiger partial charge is 0.466 e. The third-order valence-corrected chi connectivity index (χ3v) is 2.72. The molecule has 0 atom stereocenters. The Morgan fingerprint density at radius 2 is 2.00 bits per heavy atom. The molecule has 0 saturated heterocycles. The molecule has 0 N–H and O–H groups in total. The highest BCUT2D eigenvalue weighted by Crippen LogP contribution is 2.19. The summed E-state index contributed by atoms with van der Waals surface area (Å²) in [5.74, 6) is -0.356. The smallest absolute Gasteiger partial charge is 0.333 e. The van der Waals surface area contributed by atoms with E-state index in [0.717, 1.165) is 22.3 Å². The minimum atomic E-state index is -0.356. The number of carbonyl (C=O) groups excluding carboxylic acids is 1. The van der Waals surface area contributed by atoms with Crippen LogP contribution in [0.5, 0.6) is 0 Å². The molecule has 0 amide bonds. The molecule has 0 bridgehead atoms. The molecule has 1 aromatic rings. The summed E-state index contributed by atoms with van der Waals surface area (Å²) in [4.78, 5) is 11.3. The minimum absolute atomic E-state index is 0.356. The molecule has 0 radical (unpaired) electrons. The van der Waals surface area contributed by atoms with Gasteiger partial charge in [0.05, 0.1) is 7.11 Å². The number of benzene rings is 1. The van der Waals surface area contributed by atoms with Gasteiger partial charge in [-0.05, 0) is 30.5 Å². The SMILES string of the molecule is C=C(Cc1cc(C(=C)C)ccc1C)C(=O)OC. The minimum Gasteiger partial charge on any atom is -0.466 e. The predicted octanol–water partition coefficient (Wildman–Crippen LogP) is 3.30. The van der Waals surface area contributed by atoms with E-state index in [1.165, 1.54) is 7.11 Å². The molecule has 0 aromatic heterocycles. The topological polar surface area (TPSA) is 26.3 Å². The summed E-state index contributed by atoms with van der Waals surface area (Å²) in [7, 11) is 1.37. The molecule has 0 fully saturated rings. The van der Waals surface area contributed by atoms with Crippen molar-refractivity contribution in [3.63, 3.8) is 0 Å².